The highest BCUT2D eigenvalue weighted by atomic mass is 32.1. The zero-order valence-corrected chi connectivity index (χ0v) is 9.10. The van der Waals surface area contributed by atoms with Gasteiger partial charge in [-0.1, -0.05) is 0 Å². The van der Waals surface area contributed by atoms with Crippen LogP contribution in [0.15, 0.2) is 5.51 Å². The Labute approximate surface area is 86.8 Å². The van der Waals surface area contributed by atoms with Gasteiger partial charge < -0.3 is 5.11 Å². The molecular formula is C10H13NO2S. The summed E-state index contributed by atoms with van der Waals surface area (Å²) in [5, 5.41) is 9.12. The molecule has 1 aromatic rings. The molecule has 1 aliphatic carbocycles. The fourth-order valence-electron chi connectivity index (χ4n) is 1.47. The van der Waals surface area contributed by atoms with E-state index in [1.54, 1.807) is 19.4 Å². The maximum Gasteiger partial charge on any atom is 0.314 e. The van der Waals surface area contributed by atoms with Crippen molar-refractivity contribution in [3.05, 3.63) is 16.1 Å². The van der Waals surface area contributed by atoms with Crippen molar-refractivity contribution in [1.82, 2.24) is 4.98 Å². The minimum Gasteiger partial charge on any atom is -0.481 e. The van der Waals surface area contributed by atoms with Gasteiger partial charge in [-0.25, -0.2) is 4.98 Å². The molecule has 0 radical (unpaired) electrons. The van der Waals surface area contributed by atoms with E-state index in [0.717, 1.165) is 23.4 Å². The van der Waals surface area contributed by atoms with Crippen molar-refractivity contribution >= 4 is 17.3 Å². The van der Waals surface area contributed by atoms with Gasteiger partial charge in [0.2, 0.25) is 0 Å². The molecule has 1 fully saturated rings. The third kappa shape index (κ3) is 1.43. The molecule has 3 nitrogen and oxygen atoms in total. The number of carbonyl (C=O) groups is 1. The van der Waals surface area contributed by atoms with E-state index in [4.69, 9.17) is 5.11 Å². The van der Waals surface area contributed by atoms with Crippen LogP contribution in [0.5, 0.6) is 0 Å². The standard InChI is InChI=1S/C10H13NO2S/c1-10(2,9(12)13)8-7(6-3-4-6)11-5-14-8/h5-6H,3-4H2,1-2H3,(H,12,13). The topological polar surface area (TPSA) is 50.2 Å². The van der Waals surface area contributed by atoms with E-state index in [9.17, 15) is 4.79 Å². The Morgan fingerprint density at radius 3 is 2.79 bits per heavy atom. The third-order valence-electron chi connectivity index (χ3n) is 2.66. The monoisotopic (exact) mass is 211 g/mol. The Balaban J connectivity index is 2.39. The number of aliphatic carboxylic acids is 1. The summed E-state index contributed by atoms with van der Waals surface area (Å²) in [6.45, 7) is 3.49. The Kier molecular flexibility index (Phi) is 2.10. The third-order valence-corrected chi connectivity index (χ3v) is 3.83. The number of carboxylic acids is 1. The van der Waals surface area contributed by atoms with Crippen molar-refractivity contribution in [2.24, 2.45) is 0 Å². The van der Waals surface area contributed by atoms with Crippen LogP contribution in [0.2, 0.25) is 0 Å². The van der Waals surface area contributed by atoms with Crippen LogP contribution in [0.25, 0.3) is 0 Å². The highest BCUT2D eigenvalue weighted by Crippen LogP contribution is 2.45. The summed E-state index contributed by atoms with van der Waals surface area (Å²) in [7, 11) is 0. The maximum atomic E-state index is 11.1. The van der Waals surface area contributed by atoms with Crippen LogP contribution in [0.1, 0.15) is 43.2 Å². The quantitative estimate of drug-likeness (QED) is 0.835. The summed E-state index contributed by atoms with van der Waals surface area (Å²) in [5.41, 5.74) is 1.98. The highest BCUT2D eigenvalue weighted by Gasteiger charge is 2.38. The van der Waals surface area contributed by atoms with E-state index < -0.39 is 11.4 Å². The summed E-state index contributed by atoms with van der Waals surface area (Å²) in [5.74, 6) is -0.251. The summed E-state index contributed by atoms with van der Waals surface area (Å²) >= 11 is 1.46. The van der Waals surface area contributed by atoms with Gasteiger partial charge in [0.15, 0.2) is 0 Å². The molecule has 0 aliphatic heterocycles. The molecule has 1 aromatic heterocycles. The van der Waals surface area contributed by atoms with Crippen LogP contribution in [-0.4, -0.2) is 16.1 Å². The van der Waals surface area contributed by atoms with E-state index in [1.807, 2.05) is 0 Å². The highest BCUT2D eigenvalue weighted by molar-refractivity contribution is 7.10. The summed E-state index contributed by atoms with van der Waals surface area (Å²) in [6, 6.07) is 0. The molecule has 76 valence electrons. The first-order valence-corrected chi connectivity index (χ1v) is 5.58. The largest absolute Gasteiger partial charge is 0.481 e. The van der Waals surface area contributed by atoms with Gasteiger partial charge in [0, 0.05) is 10.8 Å². The van der Waals surface area contributed by atoms with Crippen LogP contribution < -0.4 is 0 Å². The molecule has 0 saturated heterocycles. The van der Waals surface area contributed by atoms with Crippen molar-refractivity contribution in [3.63, 3.8) is 0 Å². The van der Waals surface area contributed by atoms with Gasteiger partial charge >= 0.3 is 5.97 Å². The molecule has 0 atom stereocenters. The Hall–Kier alpha value is -0.900. The Bertz CT molecular complexity index is 366. The number of thiazole rings is 1. The summed E-state index contributed by atoms with van der Waals surface area (Å²) in [4.78, 5) is 16.3. The van der Waals surface area contributed by atoms with E-state index in [-0.39, 0.29) is 0 Å². The van der Waals surface area contributed by atoms with Crippen molar-refractivity contribution in [3.8, 4) is 0 Å². The average Bonchev–Trinajstić information content (AvgIpc) is 2.83. The molecule has 14 heavy (non-hydrogen) atoms. The van der Waals surface area contributed by atoms with Gasteiger partial charge in [0.1, 0.15) is 0 Å². The van der Waals surface area contributed by atoms with Gasteiger partial charge in [-0.05, 0) is 26.7 Å². The fraction of sp³-hybridized carbons (Fsp3) is 0.600. The second-order valence-electron chi connectivity index (χ2n) is 4.27. The van der Waals surface area contributed by atoms with Crippen LogP contribution >= 0.6 is 11.3 Å². The van der Waals surface area contributed by atoms with Crippen molar-refractivity contribution in [2.75, 3.05) is 0 Å². The summed E-state index contributed by atoms with van der Waals surface area (Å²) < 4.78 is 0. The zero-order chi connectivity index (χ0) is 10.3. The molecule has 0 aromatic carbocycles. The number of hydrogen-bond acceptors (Lipinski definition) is 3. The molecule has 0 unspecified atom stereocenters. The lowest BCUT2D eigenvalue weighted by atomic mass is 9.89. The van der Waals surface area contributed by atoms with Crippen molar-refractivity contribution < 1.29 is 9.90 Å². The maximum absolute atomic E-state index is 11.1. The summed E-state index contributed by atoms with van der Waals surface area (Å²) in [6.07, 6.45) is 2.32. The minimum absolute atomic E-state index is 0.523. The molecule has 0 amide bonds. The average molecular weight is 211 g/mol. The zero-order valence-electron chi connectivity index (χ0n) is 8.28. The molecule has 0 spiro atoms. The van der Waals surface area contributed by atoms with Crippen molar-refractivity contribution in [1.29, 1.82) is 0 Å². The molecular weight excluding hydrogens is 198 g/mol. The van der Waals surface area contributed by atoms with Crippen molar-refractivity contribution in [2.45, 2.75) is 38.0 Å². The number of carboxylic acid groups (broad SMARTS) is 1. The molecule has 1 N–H and O–H groups in total. The number of hydrogen-bond donors (Lipinski definition) is 1. The van der Waals surface area contributed by atoms with E-state index in [2.05, 4.69) is 4.98 Å². The normalized spacial score (nSPS) is 17.0. The Morgan fingerprint density at radius 2 is 2.29 bits per heavy atom. The van der Waals surface area contributed by atoms with Crippen LogP contribution in [-0.2, 0) is 10.2 Å². The van der Waals surface area contributed by atoms with Gasteiger partial charge in [-0.2, -0.15) is 0 Å². The van der Waals surface area contributed by atoms with Gasteiger partial charge in [0.25, 0.3) is 0 Å². The molecule has 1 saturated carbocycles. The lowest BCUT2D eigenvalue weighted by molar-refractivity contribution is -0.142. The van der Waals surface area contributed by atoms with Crippen LogP contribution in [0, 0.1) is 0 Å². The van der Waals surface area contributed by atoms with E-state index in [0.29, 0.717) is 5.92 Å². The van der Waals surface area contributed by atoms with E-state index in [1.165, 1.54) is 11.3 Å². The van der Waals surface area contributed by atoms with Gasteiger partial charge in [0.05, 0.1) is 16.6 Å². The number of nitrogens with zero attached hydrogens (tertiary/aromatic N) is 1. The molecule has 1 heterocycles. The SMILES string of the molecule is CC(C)(C(=O)O)c1scnc1C1CC1. The lowest BCUT2D eigenvalue weighted by Gasteiger charge is -2.18. The molecule has 4 heteroatoms. The number of rotatable bonds is 3. The number of aromatic nitrogens is 1. The predicted octanol–water partition coefficient (Wildman–Crippen LogP) is 2.38. The smallest absolute Gasteiger partial charge is 0.314 e. The molecule has 2 rings (SSSR count). The molecule has 1 aliphatic rings. The first-order chi connectivity index (χ1) is 6.53. The first-order valence-electron chi connectivity index (χ1n) is 4.70. The second-order valence-corrected chi connectivity index (χ2v) is 5.13. The van der Waals surface area contributed by atoms with Gasteiger partial charge in [-0.3, -0.25) is 4.79 Å². The fourth-order valence-corrected chi connectivity index (χ4v) is 2.46. The second kappa shape index (κ2) is 3.05. The van der Waals surface area contributed by atoms with Gasteiger partial charge in [-0.15, -0.1) is 11.3 Å². The predicted molar refractivity (Wildman–Crippen MR) is 54.8 cm³/mol. The van der Waals surface area contributed by atoms with Crippen LogP contribution in [0.4, 0.5) is 0 Å². The first kappa shape index (κ1) is 9.65. The molecule has 0 bridgehead atoms. The minimum atomic E-state index is -0.793. The van der Waals surface area contributed by atoms with E-state index >= 15 is 0 Å². The lowest BCUT2D eigenvalue weighted by Crippen LogP contribution is -2.28. The Morgan fingerprint density at radius 1 is 1.64 bits per heavy atom. The van der Waals surface area contributed by atoms with Crippen LogP contribution in [0.3, 0.4) is 0 Å².